The Hall–Kier alpha value is -1.00. The van der Waals surface area contributed by atoms with Crippen molar-refractivity contribution in [3.63, 3.8) is 0 Å². The number of aryl methyl sites for hydroxylation is 1. The minimum Gasteiger partial charge on any atom is -0.345 e. The van der Waals surface area contributed by atoms with Crippen LogP contribution in [0.15, 0.2) is 40.9 Å². The van der Waals surface area contributed by atoms with Crippen LogP contribution in [0.25, 0.3) is 11.3 Å². The van der Waals surface area contributed by atoms with E-state index < -0.39 is 0 Å². The van der Waals surface area contributed by atoms with E-state index in [2.05, 4.69) is 20.9 Å². The third-order valence-electron chi connectivity index (χ3n) is 3.47. The Labute approximate surface area is 157 Å². The molecular formula is C17H12BrCl3N2. The predicted octanol–water partition coefficient (Wildman–Crippen LogP) is 6.70. The monoisotopic (exact) mass is 428 g/mol. The summed E-state index contributed by atoms with van der Waals surface area (Å²) >= 11 is 21.6. The minimum absolute atomic E-state index is 0.378. The Bertz CT molecular complexity index is 834. The quantitative estimate of drug-likeness (QED) is 0.460. The Morgan fingerprint density at radius 3 is 2.26 bits per heavy atom. The second-order valence-electron chi connectivity index (χ2n) is 5.21. The molecule has 0 aliphatic carbocycles. The lowest BCUT2D eigenvalue weighted by Gasteiger charge is -2.04. The Morgan fingerprint density at radius 2 is 1.65 bits per heavy atom. The number of nitrogens with one attached hydrogen (secondary N) is 1. The van der Waals surface area contributed by atoms with E-state index in [0.29, 0.717) is 21.5 Å². The van der Waals surface area contributed by atoms with Gasteiger partial charge >= 0.3 is 0 Å². The number of hydrogen-bond acceptors (Lipinski definition) is 1. The number of H-pyrrole nitrogens is 1. The molecule has 6 heteroatoms. The highest BCUT2D eigenvalue weighted by Gasteiger charge is 2.11. The van der Waals surface area contributed by atoms with Gasteiger partial charge in [-0.1, -0.05) is 62.9 Å². The van der Waals surface area contributed by atoms with Gasteiger partial charge in [-0.05, 0) is 36.8 Å². The maximum atomic E-state index is 6.08. The first kappa shape index (κ1) is 16.8. The molecule has 0 aliphatic rings. The maximum Gasteiger partial charge on any atom is 0.111 e. The average Bonchev–Trinajstić information content (AvgIpc) is 2.86. The van der Waals surface area contributed by atoms with Gasteiger partial charge in [0.1, 0.15) is 5.82 Å². The van der Waals surface area contributed by atoms with Crippen LogP contribution in [0.2, 0.25) is 15.1 Å². The van der Waals surface area contributed by atoms with E-state index in [4.69, 9.17) is 39.8 Å². The normalized spacial score (nSPS) is 11.0. The second kappa shape index (κ2) is 6.86. The van der Waals surface area contributed by atoms with E-state index in [9.17, 15) is 0 Å². The smallest absolute Gasteiger partial charge is 0.111 e. The number of aromatic nitrogens is 2. The molecule has 2 nitrogen and oxygen atoms in total. The SMILES string of the molecule is Cc1[nH]c(Cc2cc(Cl)c(Cl)c(Cl)c2)nc1-c1ccc(Br)cc1. The standard InChI is InChI=1S/C17H12BrCl3N2/c1-9-17(11-2-4-12(18)5-3-11)23-15(22-9)8-10-6-13(19)16(21)14(20)7-10/h2-7H,8H2,1H3,(H,22,23). The summed E-state index contributed by atoms with van der Waals surface area (Å²) in [7, 11) is 0. The molecule has 0 atom stereocenters. The first-order valence-electron chi connectivity index (χ1n) is 6.89. The first-order valence-corrected chi connectivity index (χ1v) is 8.81. The van der Waals surface area contributed by atoms with Gasteiger partial charge < -0.3 is 4.98 Å². The lowest BCUT2D eigenvalue weighted by atomic mass is 10.1. The van der Waals surface area contributed by atoms with Gasteiger partial charge in [-0.2, -0.15) is 0 Å². The van der Waals surface area contributed by atoms with E-state index in [1.807, 2.05) is 43.3 Å². The number of halogens is 4. The molecule has 0 radical (unpaired) electrons. The first-order chi connectivity index (χ1) is 10.9. The Balaban J connectivity index is 1.91. The summed E-state index contributed by atoms with van der Waals surface area (Å²) < 4.78 is 1.04. The van der Waals surface area contributed by atoms with Gasteiger partial charge in [0.25, 0.3) is 0 Å². The van der Waals surface area contributed by atoms with Crippen molar-refractivity contribution in [2.24, 2.45) is 0 Å². The van der Waals surface area contributed by atoms with Crippen molar-refractivity contribution in [3.8, 4) is 11.3 Å². The highest BCUT2D eigenvalue weighted by Crippen LogP contribution is 2.32. The molecule has 0 aliphatic heterocycles. The van der Waals surface area contributed by atoms with Crippen LogP contribution in [-0.2, 0) is 6.42 Å². The van der Waals surface area contributed by atoms with Crippen molar-refractivity contribution in [2.45, 2.75) is 13.3 Å². The molecule has 0 fully saturated rings. The van der Waals surface area contributed by atoms with Gasteiger partial charge in [-0.15, -0.1) is 0 Å². The van der Waals surface area contributed by atoms with Gasteiger partial charge in [0.2, 0.25) is 0 Å². The summed E-state index contributed by atoms with van der Waals surface area (Å²) in [6, 6.07) is 11.7. The molecular weight excluding hydrogens is 418 g/mol. The summed E-state index contributed by atoms with van der Waals surface area (Å²) in [6.45, 7) is 2.01. The number of aromatic amines is 1. The third kappa shape index (κ3) is 3.74. The van der Waals surface area contributed by atoms with Gasteiger partial charge in [-0.3, -0.25) is 0 Å². The molecule has 0 amide bonds. The average molecular weight is 431 g/mol. The molecule has 0 unspecified atom stereocenters. The highest BCUT2D eigenvalue weighted by molar-refractivity contribution is 9.10. The number of nitrogens with zero attached hydrogens (tertiary/aromatic N) is 1. The van der Waals surface area contributed by atoms with Crippen molar-refractivity contribution in [2.75, 3.05) is 0 Å². The molecule has 0 bridgehead atoms. The van der Waals surface area contributed by atoms with Crippen LogP contribution < -0.4 is 0 Å². The van der Waals surface area contributed by atoms with Crippen LogP contribution in [-0.4, -0.2) is 9.97 Å². The summed E-state index contributed by atoms with van der Waals surface area (Å²) in [6.07, 6.45) is 0.605. The molecule has 2 aromatic carbocycles. The predicted molar refractivity (Wildman–Crippen MR) is 101 cm³/mol. The molecule has 1 aromatic heterocycles. The van der Waals surface area contributed by atoms with Crippen LogP contribution in [0.3, 0.4) is 0 Å². The number of imidazole rings is 1. The van der Waals surface area contributed by atoms with E-state index >= 15 is 0 Å². The van der Waals surface area contributed by atoms with Crippen LogP contribution >= 0.6 is 50.7 Å². The summed E-state index contributed by atoms with van der Waals surface area (Å²) in [5.74, 6) is 0.856. The largest absolute Gasteiger partial charge is 0.345 e. The van der Waals surface area contributed by atoms with Crippen molar-refractivity contribution in [1.29, 1.82) is 0 Å². The van der Waals surface area contributed by atoms with E-state index in [-0.39, 0.29) is 0 Å². The fourth-order valence-electron chi connectivity index (χ4n) is 2.40. The van der Waals surface area contributed by atoms with Gasteiger partial charge in [0.15, 0.2) is 0 Å². The number of hydrogen-bond donors (Lipinski definition) is 1. The molecule has 3 aromatic rings. The van der Waals surface area contributed by atoms with Gasteiger partial charge in [0.05, 0.1) is 20.8 Å². The molecule has 23 heavy (non-hydrogen) atoms. The molecule has 1 N–H and O–H groups in total. The van der Waals surface area contributed by atoms with Crippen LogP contribution in [0, 0.1) is 6.92 Å². The molecule has 3 rings (SSSR count). The minimum atomic E-state index is 0.378. The molecule has 118 valence electrons. The Morgan fingerprint density at radius 1 is 1.04 bits per heavy atom. The number of rotatable bonds is 3. The fourth-order valence-corrected chi connectivity index (χ4v) is 3.30. The van der Waals surface area contributed by atoms with Crippen LogP contribution in [0.1, 0.15) is 17.1 Å². The Kier molecular flexibility index (Phi) is 5.02. The zero-order valence-electron chi connectivity index (χ0n) is 12.1. The third-order valence-corrected chi connectivity index (χ3v) is 5.19. The van der Waals surface area contributed by atoms with E-state index in [1.165, 1.54) is 0 Å². The van der Waals surface area contributed by atoms with E-state index in [1.54, 1.807) is 0 Å². The molecule has 1 heterocycles. The van der Waals surface area contributed by atoms with Crippen molar-refractivity contribution in [3.05, 3.63) is 73.0 Å². The van der Waals surface area contributed by atoms with Crippen molar-refractivity contribution >= 4 is 50.7 Å². The fraction of sp³-hybridized carbons (Fsp3) is 0.118. The lowest BCUT2D eigenvalue weighted by Crippen LogP contribution is -1.92. The van der Waals surface area contributed by atoms with Crippen LogP contribution in [0.5, 0.6) is 0 Å². The summed E-state index contributed by atoms with van der Waals surface area (Å²) in [5, 5.41) is 1.28. The second-order valence-corrected chi connectivity index (χ2v) is 7.32. The van der Waals surface area contributed by atoms with Crippen molar-refractivity contribution in [1.82, 2.24) is 9.97 Å². The van der Waals surface area contributed by atoms with Crippen LogP contribution in [0.4, 0.5) is 0 Å². The number of benzene rings is 2. The summed E-state index contributed by atoms with van der Waals surface area (Å²) in [5.41, 5.74) is 3.99. The summed E-state index contributed by atoms with van der Waals surface area (Å²) in [4.78, 5) is 8.01. The zero-order valence-corrected chi connectivity index (χ0v) is 16.0. The van der Waals surface area contributed by atoms with Crippen molar-refractivity contribution < 1.29 is 0 Å². The molecule has 0 saturated carbocycles. The van der Waals surface area contributed by atoms with Gasteiger partial charge in [-0.25, -0.2) is 4.98 Å². The highest BCUT2D eigenvalue weighted by atomic mass is 79.9. The molecule has 0 saturated heterocycles. The zero-order chi connectivity index (χ0) is 16.6. The molecule has 0 spiro atoms. The van der Waals surface area contributed by atoms with Gasteiger partial charge in [0, 0.05) is 22.2 Å². The van der Waals surface area contributed by atoms with E-state index in [0.717, 1.165) is 32.8 Å². The maximum absolute atomic E-state index is 6.08. The topological polar surface area (TPSA) is 28.7 Å². The lowest BCUT2D eigenvalue weighted by molar-refractivity contribution is 1.02.